The first kappa shape index (κ1) is 16.8. The number of benzene rings is 1. The fourth-order valence-electron chi connectivity index (χ4n) is 3.68. The van der Waals surface area contributed by atoms with Gasteiger partial charge in [-0.1, -0.05) is 43.5 Å². The van der Waals surface area contributed by atoms with Gasteiger partial charge in [0.25, 0.3) is 0 Å². The van der Waals surface area contributed by atoms with Gasteiger partial charge in [0.05, 0.1) is 6.04 Å². The summed E-state index contributed by atoms with van der Waals surface area (Å²) in [5.41, 5.74) is 2.70. The fraction of sp³-hybridized carbons (Fsp3) is 0.667. The quantitative estimate of drug-likeness (QED) is 0.828. The van der Waals surface area contributed by atoms with Crippen molar-refractivity contribution in [1.82, 2.24) is 10.2 Å². The molecule has 0 spiro atoms. The van der Waals surface area contributed by atoms with Crippen LogP contribution < -0.4 is 5.32 Å². The predicted molar refractivity (Wildman–Crippen MR) is 92.1 cm³/mol. The minimum atomic E-state index is 0.216. The van der Waals surface area contributed by atoms with E-state index in [0.717, 1.165) is 23.6 Å². The van der Waals surface area contributed by atoms with Gasteiger partial charge in [0.1, 0.15) is 0 Å². The van der Waals surface area contributed by atoms with Gasteiger partial charge in [0.15, 0.2) is 0 Å². The van der Waals surface area contributed by atoms with Gasteiger partial charge in [-0.15, -0.1) is 0 Å². The summed E-state index contributed by atoms with van der Waals surface area (Å²) in [6, 6.07) is 6.91. The molecule has 0 saturated heterocycles. The van der Waals surface area contributed by atoms with E-state index in [2.05, 4.69) is 56.4 Å². The van der Waals surface area contributed by atoms with E-state index in [0.29, 0.717) is 6.04 Å². The average Bonchev–Trinajstić information content (AvgIpc) is 2.94. The molecular formula is C18H29ClN2. The summed E-state index contributed by atoms with van der Waals surface area (Å²) in [4.78, 5) is 2.43. The minimum Gasteiger partial charge on any atom is -0.308 e. The van der Waals surface area contributed by atoms with E-state index < -0.39 is 0 Å². The number of hydrogen-bond acceptors (Lipinski definition) is 2. The van der Waals surface area contributed by atoms with E-state index in [4.69, 9.17) is 11.6 Å². The maximum absolute atomic E-state index is 6.38. The average molecular weight is 309 g/mol. The van der Waals surface area contributed by atoms with Crippen molar-refractivity contribution in [2.45, 2.75) is 57.5 Å². The van der Waals surface area contributed by atoms with Gasteiger partial charge in [-0.3, -0.25) is 0 Å². The predicted octanol–water partition coefficient (Wildman–Crippen LogP) is 4.56. The molecule has 0 aromatic heterocycles. The Hall–Kier alpha value is -0.570. The molecule has 1 N–H and O–H groups in total. The van der Waals surface area contributed by atoms with E-state index in [9.17, 15) is 0 Å². The number of aryl methyl sites for hydroxylation is 1. The van der Waals surface area contributed by atoms with Gasteiger partial charge < -0.3 is 10.2 Å². The third kappa shape index (κ3) is 3.44. The van der Waals surface area contributed by atoms with E-state index in [-0.39, 0.29) is 5.54 Å². The smallest absolute Gasteiger partial charge is 0.0507 e. The highest BCUT2D eigenvalue weighted by Crippen LogP contribution is 2.44. The van der Waals surface area contributed by atoms with Crippen molar-refractivity contribution in [3.05, 3.63) is 34.3 Å². The Morgan fingerprint density at radius 2 is 1.95 bits per heavy atom. The summed E-state index contributed by atoms with van der Waals surface area (Å²) in [5, 5.41) is 4.67. The van der Waals surface area contributed by atoms with E-state index >= 15 is 0 Å². The molecular weight excluding hydrogens is 280 g/mol. The van der Waals surface area contributed by atoms with Crippen molar-refractivity contribution in [3.63, 3.8) is 0 Å². The first-order valence-corrected chi connectivity index (χ1v) is 8.56. The molecule has 0 radical (unpaired) electrons. The van der Waals surface area contributed by atoms with Gasteiger partial charge in [0, 0.05) is 10.6 Å². The molecule has 118 valence electrons. The van der Waals surface area contributed by atoms with Crippen molar-refractivity contribution in [2.24, 2.45) is 0 Å². The lowest BCUT2D eigenvalue weighted by molar-refractivity contribution is 0.104. The third-order valence-corrected chi connectivity index (χ3v) is 5.43. The molecule has 0 aliphatic heterocycles. The summed E-state index contributed by atoms with van der Waals surface area (Å²) < 4.78 is 0. The standard InChI is InChI=1S/C18H29ClN2/c1-5-12-20-17(15-9-8-14(2)16(19)13-15)18(21(3)4)10-6-7-11-18/h8-9,13,17,20H,5-7,10-12H2,1-4H3. The number of nitrogens with one attached hydrogen (secondary N) is 1. The molecule has 2 nitrogen and oxygen atoms in total. The molecule has 21 heavy (non-hydrogen) atoms. The van der Waals surface area contributed by atoms with Crippen molar-refractivity contribution >= 4 is 11.6 Å². The molecule has 1 aromatic carbocycles. The second kappa shape index (κ2) is 7.13. The van der Waals surface area contributed by atoms with Gasteiger partial charge >= 0.3 is 0 Å². The Labute approximate surface area is 134 Å². The van der Waals surface area contributed by atoms with Crippen molar-refractivity contribution < 1.29 is 0 Å². The first-order chi connectivity index (χ1) is 10.0. The number of likely N-dealkylation sites (N-methyl/N-ethyl adjacent to an activating group) is 1. The van der Waals surface area contributed by atoms with Gasteiger partial charge in [0.2, 0.25) is 0 Å². The van der Waals surface area contributed by atoms with Crippen molar-refractivity contribution in [1.29, 1.82) is 0 Å². The summed E-state index contributed by atoms with van der Waals surface area (Å²) in [6.07, 6.45) is 6.31. The molecule has 1 aliphatic carbocycles. The highest BCUT2D eigenvalue weighted by Gasteiger charge is 2.43. The van der Waals surface area contributed by atoms with Crippen LogP contribution in [0, 0.1) is 6.92 Å². The Morgan fingerprint density at radius 3 is 2.48 bits per heavy atom. The number of hydrogen-bond donors (Lipinski definition) is 1. The topological polar surface area (TPSA) is 15.3 Å². The highest BCUT2D eigenvalue weighted by atomic mass is 35.5. The minimum absolute atomic E-state index is 0.216. The molecule has 3 heteroatoms. The van der Waals surface area contributed by atoms with Crippen molar-refractivity contribution in [3.8, 4) is 0 Å². The van der Waals surface area contributed by atoms with Crippen LogP contribution in [0.1, 0.15) is 56.2 Å². The van der Waals surface area contributed by atoms with Gasteiger partial charge in [-0.2, -0.15) is 0 Å². The van der Waals surface area contributed by atoms with Crippen LogP contribution in [-0.2, 0) is 0 Å². The Morgan fingerprint density at radius 1 is 1.29 bits per heavy atom. The Balaban J connectivity index is 2.38. The van der Waals surface area contributed by atoms with Crippen LogP contribution in [0.15, 0.2) is 18.2 Å². The summed E-state index contributed by atoms with van der Waals surface area (Å²) >= 11 is 6.38. The fourth-order valence-corrected chi connectivity index (χ4v) is 3.87. The SMILES string of the molecule is CCCNC(c1ccc(C)c(Cl)c1)C1(N(C)C)CCCC1. The monoisotopic (exact) mass is 308 g/mol. The van der Waals surface area contributed by atoms with Crippen LogP contribution >= 0.6 is 11.6 Å². The largest absolute Gasteiger partial charge is 0.308 e. The summed E-state index contributed by atoms with van der Waals surface area (Å²) in [7, 11) is 4.45. The summed E-state index contributed by atoms with van der Waals surface area (Å²) in [5.74, 6) is 0. The zero-order valence-electron chi connectivity index (χ0n) is 13.9. The molecule has 1 fully saturated rings. The number of rotatable bonds is 6. The first-order valence-electron chi connectivity index (χ1n) is 8.18. The molecule has 1 atom stereocenters. The number of halogens is 1. The number of nitrogens with zero attached hydrogens (tertiary/aromatic N) is 1. The molecule has 1 aliphatic rings. The second-order valence-corrected chi connectivity index (χ2v) is 7.01. The van der Waals surface area contributed by atoms with Gasteiger partial charge in [-0.05, 0) is 64.0 Å². The molecule has 0 heterocycles. The van der Waals surface area contributed by atoms with Crippen LogP contribution in [-0.4, -0.2) is 31.1 Å². The second-order valence-electron chi connectivity index (χ2n) is 6.60. The van der Waals surface area contributed by atoms with E-state index in [1.807, 2.05) is 0 Å². The Bertz CT molecular complexity index is 464. The zero-order chi connectivity index (χ0) is 15.5. The summed E-state index contributed by atoms with van der Waals surface area (Å²) in [6.45, 7) is 5.34. The highest BCUT2D eigenvalue weighted by molar-refractivity contribution is 6.31. The molecule has 2 rings (SSSR count). The van der Waals surface area contributed by atoms with Crippen LogP contribution in [0.25, 0.3) is 0 Å². The van der Waals surface area contributed by atoms with Crippen LogP contribution in [0.2, 0.25) is 5.02 Å². The lowest BCUT2D eigenvalue weighted by Crippen LogP contribution is -2.52. The molecule has 0 amide bonds. The van der Waals surface area contributed by atoms with E-state index in [1.54, 1.807) is 0 Å². The normalized spacial score (nSPS) is 19.1. The van der Waals surface area contributed by atoms with Gasteiger partial charge in [-0.25, -0.2) is 0 Å². The maximum Gasteiger partial charge on any atom is 0.0507 e. The third-order valence-electron chi connectivity index (χ3n) is 5.03. The molecule has 1 aromatic rings. The Kier molecular flexibility index (Phi) is 5.70. The van der Waals surface area contributed by atoms with Crippen molar-refractivity contribution in [2.75, 3.05) is 20.6 Å². The zero-order valence-corrected chi connectivity index (χ0v) is 14.6. The molecule has 1 unspecified atom stereocenters. The lowest BCUT2D eigenvalue weighted by Gasteiger charge is -2.44. The van der Waals surface area contributed by atoms with E-state index in [1.165, 1.54) is 31.2 Å². The molecule has 1 saturated carbocycles. The maximum atomic E-state index is 6.38. The van der Waals surface area contributed by atoms with Crippen LogP contribution in [0.3, 0.4) is 0 Å². The molecule has 0 bridgehead atoms. The lowest BCUT2D eigenvalue weighted by atomic mass is 9.82. The van der Waals surface area contributed by atoms with Crippen LogP contribution in [0.4, 0.5) is 0 Å². The van der Waals surface area contributed by atoms with Crippen LogP contribution in [0.5, 0.6) is 0 Å².